The van der Waals surface area contributed by atoms with Gasteiger partial charge >= 0.3 is 0 Å². The van der Waals surface area contributed by atoms with E-state index < -0.39 is 10.0 Å². The van der Waals surface area contributed by atoms with Crippen LogP contribution < -0.4 is 15.4 Å². The summed E-state index contributed by atoms with van der Waals surface area (Å²) in [5, 5.41) is 6.30. The van der Waals surface area contributed by atoms with E-state index in [1.165, 1.54) is 13.1 Å². The zero-order valence-corrected chi connectivity index (χ0v) is 16.5. The lowest BCUT2D eigenvalue weighted by molar-refractivity contribution is 0.587. The molecule has 8 heteroatoms. The average molecular weight is 393 g/mol. The third kappa shape index (κ3) is 6.65. The van der Waals surface area contributed by atoms with E-state index in [0.717, 1.165) is 11.1 Å². The molecule has 0 heterocycles. The van der Waals surface area contributed by atoms with E-state index in [4.69, 9.17) is 0 Å². The minimum absolute atomic E-state index is 0.0662. The number of halogens is 1. The molecule has 0 saturated carbocycles. The highest BCUT2D eigenvalue weighted by atomic mass is 32.2. The van der Waals surface area contributed by atoms with E-state index in [1.807, 2.05) is 24.3 Å². The summed E-state index contributed by atoms with van der Waals surface area (Å²) in [7, 11) is -0.255. The number of aryl methyl sites for hydroxylation is 1. The van der Waals surface area contributed by atoms with E-state index in [-0.39, 0.29) is 11.6 Å². The lowest BCUT2D eigenvalue weighted by Crippen LogP contribution is -2.36. The second-order valence-corrected chi connectivity index (χ2v) is 8.07. The number of nitrogens with zero attached hydrogens (tertiary/aromatic N) is 1. The maximum absolute atomic E-state index is 13.6. The summed E-state index contributed by atoms with van der Waals surface area (Å²) in [5.74, 6) is 0.276. The monoisotopic (exact) mass is 392 g/mol. The smallest absolute Gasteiger partial charge is 0.215 e. The second-order valence-electron chi connectivity index (χ2n) is 6.15. The molecule has 146 valence electrons. The molecule has 0 bridgehead atoms. The van der Waals surface area contributed by atoms with Gasteiger partial charge in [0.25, 0.3) is 0 Å². The van der Waals surface area contributed by atoms with Crippen molar-refractivity contribution in [2.75, 3.05) is 14.1 Å². The Morgan fingerprint density at radius 1 is 1.04 bits per heavy atom. The molecule has 0 radical (unpaired) electrons. The van der Waals surface area contributed by atoms with Gasteiger partial charge in [-0.25, -0.2) is 17.5 Å². The fraction of sp³-hybridized carbons (Fsp3) is 0.316. The van der Waals surface area contributed by atoms with Crippen molar-refractivity contribution in [1.29, 1.82) is 0 Å². The fourth-order valence-corrected chi connectivity index (χ4v) is 3.22. The van der Waals surface area contributed by atoms with Crippen molar-refractivity contribution in [3.8, 4) is 0 Å². The van der Waals surface area contributed by atoms with Crippen LogP contribution >= 0.6 is 0 Å². The SMILES string of the molecule is CN=C(NCc1cccc(CS(=O)(=O)NC)c1)NCc1ccc(C)c(F)c1. The van der Waals surface area contributed by atoms with Crippen LogP contribution in [0.1, 0.15) is 22.3 Å². The molecule has 2 aromatic carbocycles. The van der Waals surface area contributed by atoms with Crippen molar-refractivity contribution in [3.05, 3.63) is 70.5 Å². The third-order valence-electron chi connectivity index (χ3n) is 4.04. The van der Waals surface area contributed by atoms with Crippen LogP contribution in [0.3, 0.4) is 0 Å². The van der Waals surface area contributed by atoms with Gasteiger partial charge in [-0.2, -0.15) is 0 Å². The van der Waals surface area contributed by atoms with Gasteiger partial charge in [0.2, 0.25) is 10.0 Å². The molecule has 0 saturated heterocycles. The van der Waals surface area contributed by atoms with Crippen LogP contribution in [0.15, 0.2) is 47.5 Å². The van der Waals surface area contributed by atoms with Gasteiger partial charge in [0.15, 0.2) is 5.96 Å². The Balaban J connectivity index is 1.93. The molecule has 27 heavy (non-hydrogen) atoms. The van der Waals surface area contributed by atoms with E-state index >= 15 is 0 Å². The lowest BCUT2D eigenvalue weighted by Gasteiger charge is -2.13. The molecule has 0 unspecified atom stereocenters. The molecule has 0 atom stereocenters. The minimum Gasteiger partial charge on any atom is -0.352 e. The summed E-state index contributed by atoms with van der Waals surface area (Å²) in [6, 6.07) is 12.5. The molecule has 0 amide bonds. The van der Waals surface area contributed by atoms with Crippen LogP contribution in [0.2, 0.25) is 0 Å². The standard InChI is InChI=1S/C19H25FN4O2S/c1-14-7-8-16(10-18(14)20)12-24-19(21-2)23-11-15-5-4-6-17(9-15)13-27(25,26)22-3/h4-10,22H,11-13H2,1-3H3,(H2,21,23,24). The zero-order chi connectivity index (χ0) is 19.9. The van der Waals surface area contributed by atoms with Gasteiger partial charge in [-0.3, -0.25) is 4.99 Å². The highest BCUT2D eigenvalue weighted by Crippen LogP contribution is 2.10. The lowest BCUT2D eigenvalue weighted by atomic mass is 10.1. The highest BCUT2D eigenvalue weighted by Gasteiger charge is 2.09. The number of hydrogen-bond acceptors (Lipinski definition) is 3. The molecule has 2 aromatic rings. The number of nitrogens with one attached hydrogen (secondary N) is 3. The van der Waals surface area contributed by atoms with Crippen LogP contribution in [0, 0.1) is 12.7 Å². The quantitative estimate of drug-likeness (QED) is 0.498. The highest BCUT2D eigenvalue weighted by molar-refractivity contribution is 7.88. The molecular weight excluding hydrogens is 367 g/mol. The molecule has 0 aliphatic heterocycles. The molecule has 0 aromatic heterocycles. The van der Waals surface area contributed by atoms with Crippen LogP contribution in [-0.2, 0) is 28.9 Å². The van der Waals surface area contributed by atoms with Crippen molar-refractivity contribution >= 4 is 16.0 Å². The Morgan fingerprint density at radius 2 is 1.67 bits per heavy atom. The first-order valence-corrected chi connectivity index (χ1v) is 10.2. The number of benzene rings is 2. The molecule has 0 aliphatic carbocycles. The Morgan fingerprint density at radius 3 is 2.26 bits per heavy atom. The Hall–Kier alpha value is -2.45. The number of sulfonamides is 1. The van der Waals surface area contributed by atoms with Gasteiger partial charge in [-0.1, -0.05) is 36.4 Å². The minimum atomic E-state index is -3.31. The summed E-state index contributed by atoms with van der Waals surface area (Å²) in [5.41, 5.74) is 3.08. The molecule has 0 aliphatic rings. The fourth-order valence-electron chi connectivity index (χ4n) is 2.46. The third-order valence-corrected chi connectivity index (χ3v) is 5.37. The summed E-state index contributed by atoms with van der Waals surface area (Å²) in [4.78, 5) is 4.15. The van der Waals surface area contributed by atoms with Crippen molar-refractivity contribution in [1.82, 2.24) is 15.4 Å². The largest absolute Gasteiger partial charge is 0.352 e. The van der Waals surface area contributed by atoms with E-state index in [0.29, 0.717) is 30.2 Å². The van der Waals surface area contributed by atoms with Crippen molar-refractivity contribution in [2.24, 2.45) is 4.99 Å². The van der Waals surface area contributed by atoms with Crippen LogP contribution in [0.4, 0.5) is 4.39 Å². The molecule has 6 nitrogen and oxygen atoms in total. The Bertz CT molecular complexity index is 914. The first kappa shape index (κ1) is 20.9. The first-order valence-electron chi connectivity index (χ1n) is 8.51. The van der Waals surface area contributed by atoms with Crippen molar-refractivity contribution < 1.29 is 12.8 Å². The zero-order valence-electron chi connectivity index (χ0n) is 15.7. The second kappa shape index (κ2) is 9.48. The van der Waals surface area contributed by atoms with E-state index in [2.05, 4.69) is 20.3 Å². The van der Waals surface area contributed by atoms with Gasteiger partial charge in [0.1, 0.15) is 5.82 Å². The van der Waals surface area contributed by atoms with Gasteiger partial charge in [-0.15, -0.1) is 0 Å². The Kier molecular flexibility index (Phi) is 7.32. The summed E-state index contributed by atoms with van der Waals surface area (Å²) < 4.78 is 39.3. The predicted octanol–water partition coefficient (Wildman–Crippen LogP) is 2.05. The molecule has 3 N–H and O–H groups in total. The molecular formula is C19H25FN4O2S. The molecule has 0 spiro atoms. The molecule has 2 rings (SSSR count). The van der Waals surface area contributed by atoms with Gasteiger partial charge in [-0.05, 0) is 42.3 Å². The van der Waals surface area contributed by atoms with Gasteiger partial charge < -0.3 is 10.6 Å². The normalized spacial score (nSPS) is 12.1. The predicted molar refractivity (Wildman–Crippen MR) is 106 cm³/mol. The maximum atomic E-state index is 13.6. The van der Waals surface area contributed by atoms with Crippen LogP contribution in [0.5, 0.6) is 0 Å². The van der Waals surface area contributed by atoms with Crippen LogP contribution in [0.25, 0.3) is 0 Å². The van der Waals surface area contributed by atoms with Gasteiger partial charge in [0, 0.05) is 20.1 Å². The topological polar surface area (TPSA) is 82.6 Å². The average Bonchev–Trinajstić information content (AvgIpc) is 2.64. The number of rotatable bonds is 7. The number of hydrogen-bond donors (Lipinski definition) is 3. The van der Waals surface area contributed by atoms with E-state index in [9.17, 15) is 12.8 Å². The van der Waals surface area contributed by atoms with Crippen LogP contribution in [-0.4, -0.2) is 28.5 Å². The first-order chi connectivity index (χ1) is 12.8. The number of guanidine groups is 1. The Labute approximate surface area is 160 Å². The van der Waals surface area contributed by atoms with Gasteiger partial charge in [0.05, 0.1) is 5.75 Å². The van der Waals surface area contributed by atoms with Crippen molar-refractivity contribution in [2.45, 2.75) is 25.8 Å². The summed E-state index contributed by atoms with van der Waals surface area (Å²) >= 11 is 0. The summed E-state index contributed by atoms with van der Waals surface area (Å²) in [6.07, 6.45) is 0. The summed E-state index contributed by atoms with van der Waals surface area (Å²) in [6.45, 7) is 2.65. The van der Waals surface area contributed by atoms with E-state index in [1.54, 1.807) is 26.1 Å². The maximum Gasteiger partial charge on any atom is 0.215 e. The number of aliphatic imine (C=N–C) groups is 1. The van der Waals surface area contributed by atoms with Crippen molar-refractivity contribution in [3.63, 3.8) is 0 Å². The molecule has 0 fully saturated rings.